The van der Waals surface area contributed by atoms with Crippen molar-refractivity contribution in [2.24, 2.45) is 0 Å². The monoisotopic (exact) mass is 779 g/mol. The first-order valence-electron chi connectivity index (χ1n) is 20.9. The average Bonchev–Trinajstić information content (AvgIpc) is 3.67. The van der Waals surface area contributed by atoms with Gasteiger partial charge in [0.25, 0.3) is 0 Å². The van der Waals surface area contributed by atoms with Crippen LogP contribution in [-0.2, 0) is 0 Å². The summed E-state index contributed by atoms with van der Waals surface area (Å²) in [6.07, 6.45) is 0. The third kappa shape index (κ3) is 6.41. The van der Waals surface area contributed by atoms with Crippen molar-refractivity contribution < 1.29 is 0 Å². The van der Waals surface area contributed by atoms with Crippen LogP contribution >= 0.6 is 0 Å². The van der Waals surface area contributed by atoms with Gasteiger partial charge < -0.3 is 14.4 Å². The quantitative estimate of drug-likeness (QED) is 0.145. The lowest BCUT2D eigenvalue weighted by molar-refractivity contribution is 1.17. The highest BCUT2D eigenvalue weighted by Gasteiger charge is 2.26. The Labute approximate surface area is 356 Å². The number of fused-ring (bicyclic) bond motifs is 4. The molecule has 11 rings (SSSR count). The van der Waals surface area contributed by atoms with Crippen molar-refractivity contribution in [2.45, 2.75) is 0 Å². The molecule has 0 aliphatic heterocycles. The molecular weight excluding hydrogens is 739 g/mol. The van der Waals surface area contributed by atoms with E-state index in [1.54, 1.807) is 0 Å². The van der Waals surface area contributed by atoms with Gasteiger partial charge in [-0.2, -0.15) is 0 Å². The minimum atomic E-state index is 1.05. The second kappa shape index (κ2) is 15.6. The van der Waals surface area contributed by atoms with Gasteiger partial charge in [-0.3, -0.25) is 0 Å². The molecule has 0 spiro atoms. The Hall–Kier alpha value is -8.14. The number of hydrogen-bond acceptors (Lipinski definition) is 2. The highest BCUT2D eigenvalue weighted by molar-refractivity contribution is 6.17. The van der Waals surface area contributed by atoms with Crippen LogP contribution in [0.4, 0.5) is 34.1 Å². The molecule has 3 nitrogen and oxygen atoms in total. The fourth-order valence-corrected chi connectivity index (χ4v) is 9.09. The Bertz CT molecular complexity index is 3250. The van der Waals surface area contributed by atoms with Crippen LogP contribution in [0.2, 0.25) is 0 Å². The highest BCUT2D eigenvalue weighted by atomic mass is 15.2. The second-order valence-corrected chi connectivity index (χ2v) is 15.3. The maximum atomic E-state index is 2.48. The fraction of sp³-hybridized carbons (Fsp3) is 0. The van der Waals surface area contributed by atoms with Crippen LogP contribution in [0, 0.1) is 0 Å². The van der Waals surface area contributed by atoms with Gasteiger partial charge in [0.2, 0.25) is 0 Å². The van der Waals surface area contributed by atoms with Crippen LogP contribution in [0.15, 0.2) is 249 Å². The maximum absolute atomic E-state index is 2.48. The van der Waals surface area contributed by atoms with Gasteiger partial charge >= 0.3 is 0 Å². The van der Waals surface area contributed by atoms with E-state index in [9.17, 15) is 0 Å². The molecule has 0 saturated carbocycles. The fourth-order valence-electron chi connectivity index (χ4n) is 9.09. The molecule has 0 saturated heterocycles. The van der Waals surface area contributed by atoms with Gasteiger partial charge in [-0.25, -0.2) is 0 Å². The van der Waals surface area contributed by atoms with Gasteiger partial charge in [0, 0.05) is 39.1 Å². The molecule has 288 valence electrons. The summed E-state index contributed by atoms with van der Waals surface area (Å²) in [5.74, 6) is 0. The van der Waals surface area contributed by atoms with Crippen LogP contribution in [0.25, 0.3) is 60.5 Å². The van der Waals surface area contributed by atoms with Crippen LogP contribution in [0.1, 0.15) is 0 Å². The lowest BCUT2D eigenvalue weighted by Crippen LogP contribution is -2.17. The predicted octanol–water partition coefficient (Wildman–Crippen LogP) is 16.2. The number of anilines is 6. The summed E-state index contributed by atoms with van der Waals surface area (Å²) in [5.41, 5.74) is 14.6. The third-order valence-electron chi connectivity index (χ3n) is 11.7. The zero-order chi connectivity index (χ0) is 40.5. The summed E-state index contributed by atoms with van der Waals surface area (Å²) in [4.78, 5) is 4.85. The number of aromatic nitrogens is 1. The van der Waals surface area contributed by atoms with Crippen LogP contribution < -0.4 is 9.80 Å². The second-order valence-electron chi connectivity index (χ2n) is 15.3. The van der Waals surface area contributed by atoms with Crippen molar-refractivity contribution in [1.29, 1.82) is 0 Å². The molecule has 0 atom stereocenters. The molecule has 0 aliphatic rings. The van der Waals surface area contributed by atoms with Crippen molar-refractivity contribution in [3.8, 4) is 27.9 Å². The van der Waals surface area contributed by atoms with E-state index < -0.39 is 0 Å². The lowest BCUT2D eigenvalue weighted by atomic mass is 9.95. The topological polar surface area (TPSA) is 11.4 Å². The van der Waals surface area contributed by atoms with Gasteiger partial charge in [-0.1, -0.05) is 176 Å². The first kappa shape index (κ1) is 36.0. The zero-order valence-corrected chi connectivity index (χ0v) is 33.5. The smallest absolute Gasteiger partial charge is 0.0702 e. The third-order valence-corrected chi connectivity index (χ3v) is 11.7. The van der Waals surface area contributed by atoms with E-state index in [1.165, 1.54) is 43.8 Å². The van der Waals surface area contributed by atoms with Crippen LogP contribution in [0.3, 0.4) is 0 Å². The van der Waals surface area contributed by atoms with E-state index in [-0.39, 0.29) is 0 Å². The molecule has 0 radical (unpaired) electrons. The summed E-state index contributed by atoms with van der Waals surface area (Å²) in [5, 5.41) is 4.83. The van der Waals surface area contributed by atoms with Crippen molar-refractivity contribution in [3.05, 3.63) is 249 Å². The van der Waals surface area contributed by atoms with E-state index in [4.69, 9.17) is 0 Å². The summed E-state index contributed by atoms with van der Waals surface area (Å²) < 4.78 is 2.43. The Balaban J connectivity index is 1.25. The minimum absolute atomic E-state index is 1.05. The largest absolute Gasteiger partial charge is 0.309 e. The van der Waals surface area contributed by atoms with E-state index in [1.807, 2.05) is 0 Å². The average molecular weight is 780 g/mol. The molecule has 10 aromatic carbocycles. The van der Waals surface area contributed by atoms with Crippen molar-refractivity contribution in [1.82, 2.24) is 4.57 Å². The molecule has 0 amide bonds. The zero-order valence-electron chi connectivity index (χ0n) is 33.5. The Morgan fingerprint density at radius 1 is 0.311 bits per heavy atom. The van der Waals surface area contributed by atoms with Gasteiger partial charge in [0.15, 0.2) is 0 Å². The number of nitrogens with zero attached hydrogens (tertiary/aromatic N) is 3. The summed E-state index contributed by atoms with van der Waals surface area (Å²) in [6, 6.07) is 89.6. The van der Waals surface area contributed by atoms with Gasteiger partial charge in [-0.15, -0.1) is 0 Å². The van der Waals surface area contributed by atoms with E-state index >= 15 is 0 Å². The van der Waals surface area contributed by atoms with E-state index in [2.05, 4.69) is 263 Å². The number of rotatable bonds is 9. The molecule has 61 heavy (non-hydrogen) atoms. The highest BCUT2D eigenvalue weighted by Crippen LogP contribution is 2.50. The van der Waals surface area contributed by atoms with Gasteiger partial charge in [0.1, 0.15) is 0 Å². The minimum Gasteiger partial charge on any atom is -0.309 e. The number of hydrogen-bond donors (Lipinski definition) is 0. The lowest BCUT2D eigenvalue weighted by Gasteiger charge is -2.34. The molecule has 3 heteroatoms. The normalized spacial score (nSPS) is 11.3. The van der Waals surface area contributed by atoms with E-state index in [0.717, 1.165) is 50.9 Å². The SMILES string of the molecule is c1ccc(-c2c(N(c3ccc4c5c(-c6ccccc6)cccc5n(-c5ccccc5)c4c3)c3ccccc3N(c3ccccc3)c3ccccc3)ccc3ccccc23)cc1. The first-order valence-corrected chi connectivity index (χ1v) is 20.9. The molecule has 0 bridgehead atoms. The van der Waals surface area contributed by atoms with Crippen molar-refractivity contribution >= 4 is 66.7 Å². The summed E-state index contributed by atoms with van der Waals surface area (Å²) in [7, 11) is 0. The Morgan fingerprint density at radius 3 is 1.54 bits per heavy atom. The molecule has 0 aliphatic carbocycles. The van der Waals surface area contributed by atoms with Crippen molar-refractivity contribution in [2.75, 3.05) is 9.80 Å². The van der Waals surface area contributed by atoms with Gasteiger partial charge in [-0.05, 0) is 100 Å². The molecule has 0 N–H and O–H groups in total. The summed E-state index contributed by atoms with van der Waals surface area (Å²) >= 11 is 0. The maximum Gasteiger partial charge on any atom is 0.0702 e. The molecule has 1 heterocycles. The molecule has 0 fully saturated rings. The molecule has 11 aromatic rings. The van der Waals surface area contributed by atoms with Crippen molar-refractivity contribution in [3.63, 3.8) is 0 Å². The standard InChI is InChI=1S/C58H41N3/c1-6-21-42(22-7-1)50-33-20-36-54-58(50)51-39-38-48(41-56(51)60(54)47-30-14-5-15-31-47)61(55-40-37-43-23-16-17-32-49(43)57(55)44-24-8-2-9-25-44)53-35-19-18-34-52(53)59(45-26-10-3-11-27-45)46-28-12-4-13-29-46/h1-41H. The number of para-hydroxylation sites is 5. The van der Waals surface area contributed by atoms with Gasteiger partial charge in [0.05, 0.1) is 28.1 Å². The first-order chi connectivity index (χ1) is 30.3. The Kier molecular flexibility index (Phi) is 9.18. The summed E-state index contributed by atoms with van der Waals surface area (Å²) in [6.45, 7) is 0. The Morgan fingerprint density at radius 2 is 0.869 bits per heavy atom. The molecule has 0 unspecified atom stereocenters. The van der Waals surface area contributed by atoms with E-state index in [0.29, 0.717) is 0 Å². The van der Waals surface area contributed by atoms with Crippen LogP contribution in [0.5, 0.6) is 0 Å². The van der Waals surface area contributed by atoms with Crippen LogP contribution in [-0.4, -0.2) is 4.57 Å². The predicted molar refractivity (Wildman–Crippen MR) is 259 cm³/mol. The molecular formula is C58H41N3. The molecule has 1 aromatic heterocycles. The number of benzene rings is 10.